The summed E-state index contributed by atoms with van der Waals surface area (Å²) >= 11 is 0. The fourth-order valence-electron chi connectivity index (χ4n) is 4.78. The third-order valence-corrected chi connectivity index (χ3v) is 7.53. The molecule has 33 heavy (non-hydrogen) atoms. The van der Waals surface area contributed by atoms with Crippen LogP contribution in [-0.4, -0.2) is 60.9 Å². The number of nitrogens with zero attached hydrogens (tertiary/aromatic N) is 2. The van der Waals surface area contributed by atoms with Gasteiger partial charge in [-0.05, 0) is 82.6 Å². The van der Waals surface area contributed by atoms with Crippen molar-refractivity contribution in [2.24, 2.45) is 17.8 Å². The number of rotatable bonds is 9. The summed E-state index contributed by atoms with van der Waals surface area (Å²) < 4.78 is 6.19. The number of nitrogens with one attached hydrogen (secondary N) is 1. The van der Waals surface area contributed by atoms with Crippen LogP contribution in [0.1, 0.15) is 64.0 Å². The Hall–Kier alpha value is -2.08. The topological polar surface area (TPSA) is 61.9 Å². The molecule has 1 aromatic carbocycles. The molecule has 1 aromatic rings. The van der Waals surface area contributed by atoms with Crippen LogP contribution in [0.4, 0.5) is 0 Å². The largest absolute Gasteiger partial charge is 0.493 e. The van der Waals surface area contributed by atoms with Gasteiger partial charge in [0.2, 0.25) is 11.8 Å². The van der Waals surface area contributed by atoms with Gasteiger partial charge in [-0.1, -0.05) is 32.9 Å². The van der Waals surface area contributed by atoms with Crippen molar-refractivity contribution >= 4 is 11.8 Å². The number of piperidine rings is 1. The summed E-state index contributed by atoms with van der Waals surface area (Å²) in [5.74, 6) is 1.82. The first-order valence-electron chi connectivity index (χ1n) is 12.7. The van der Waals surface area contributed by atoms with Crippen LogP contribution in [0.25, 0.3) is 0 Å². The van der Waals surface area contributed by atoms with Crippen molar-refractivity contribution in [2.45, 2.75) is 72.4 Å². The smallest absolute Gasteiger partial charge is 0.243 e. The molecule has 0 spiro atoms. The normalized spacial score (nSPS) is 20.8. The van der Waals surface area contributed by atoms with Crippen LogP contribution in [-0.2, 0) is 16.1 Å². The molecule has 1 N–H and O–H groups in total. The Morgan fingerprint density at radius 2 is 1.85 bits per heavy atom. The maximum absolute atomic E-state index is 13.0. The number of carbonyl (C=O) groups is 2. The van der Waals surface area contributed by atoms with E-state index < -0.39 is 0 Å². The Morgan fingerprint density at radius 3 is 2.55 bits per heavy atom. The van der Waals surface area contributed by atoms with Crippen LogP contribution in [0.15, 0.2) is 18.2 Å². The first-order valence-corrected chi connectivity index (χ1v) is 12.7. The van der Waals surface area contributed by atoms with Gasteiger partial charge in [0, 0.05) is 24.6 Å². The molecule has 0 bridgehead atoms. The second kappa shape index (κ2) is 11.9. The predicted molar refractivity (Wildman–Crippen MR) is 132 cm³/mol. The molecule has 2 fully saturated rings. The fraction of sp³-hybridized carbons (Fsp3) is 0.704. The number of carbonyl (C=O) groups excluding carboxylic acids is 2. The van der Waals surface area contributed by atoms with E-state index in [1.807, 2.05) is 13.0 Å². The van der Waals surface area contributed by atoms with E-state index in [1.165, 1.54) is 25.9 Å². The van der Waals surface area contributed by atoms with Gasteiger partial charge in [0.05, 0.1) is 6.61 Å². The van der Waals surface area contributed by atoms with Gasteiger partial charge in [-0.15, -0.1) is 0 Å². The first-order chi connectivity index (χ1) is 15.8. The Labute approximate surface area is 200 Å². The number of likely N-dealkylation sites (tertiary alicyclic amines) is 2. The lowest BCUT2D eigenvalue weighted by Crippen LogP contribution is -2.48. The summed E-state index contributed by atoms with van der Waals surface area (Å²) in [6.07, 6.45) is 5.16. The number of ether oxygens (including phenoxy) is 1. The van der Waals surface area contributed by atoms with Crippen molar-refractivity contribution in [3.05, 3.63) is 29.3 Å². The molecule has 2 atom stereocenters. The highest BCUT2D eigenvalue weighted by atomic mass is 16.5. The number of amides is 2. The second-order valence-corrected chi connectivity index (χ2v) is 10.4. The molecule has 2 saturated heterocycles. The van der Waals surface area contributed by atoms with Gasteiger partial charge in [-0.25, -0.2) is 0 Å². The summed E-state index contributed by atoms with van der Waals surface area (Å²) in [7, 11) is 2.19. The van der Waals surface area contributed by atoms with E-state index in [-0.39, 0.29) is 29.7 Å². The van der Waals surface area contributed by atoms with E-state index in [4.69, 9.17) is 4.74 Å². The quantitative estimate of drug-likeness (QED) is 0.609. The molecule has 6 heteroatoms. The van der Waals surface area contributed by atoms with Crippen LogP contribution >= 0.6 is 0 Å². The van der Waals surface area contributed by atoms with Crippen molar-refractivity contribution < 1.29 is 14.3 Å². The molecule has 2 amide bonds. The van der Waals surface area contributed by atoms with Gasteiger partial charge in [0.15, 0.2) is 0 Å². The van der Waals surface area contributed by atoms with Crippen molar-refractivity contribution in [1.29, 1.82) is 0 Å². The molecule has 184 valence electrons. The van der Waals surface area contributed by atoms with Gasteiger partial charge in [0.25, 0.3) is 0 Å². The molecule has 6 nitrogen and oxygen atoms in total. The molecule has 2 aliphatic rings. The first kappa shape index (κ1) is 25.5. The molecule has 0 aromatic heterocycles. The average Bonchev–Trinajstić information content (AvgIpc) is 3.28. The lowest BCUT2D eigenvalue weighted by atomic mass is 9.94. The molecule has 2 aliphatic heterocycles. The molecular weight excluding hydrogens is 414 g/mol. The number of benzene rings is 1. The second-order valence-electron chi connectivity index (χ2n) is 10.4. The van der Waals surface area contributed by atoms with Gasteiger partial charge in [0.1, 0.15) is 11.8 Å². The molecule has 2 unspecified atom stereocenters. The molecule has 3 rings (SSSR count). The average molecular weight is 458 g/mol. The minimum Gasteiger partial charge on any atom is -0.493 e. The van der Waals surface area contributed by atoms with Gasteiger partial charge >= 0.3 is 0 Å². The third-order valence-electron chi connectivity index (χ3n) is 7.53. The summed E-state index contributed by atoms with van der Waals surface area (Å²) in [5.41, 5.74) is 2.14. The Morgan fingerprint density at radius 1 is 1.12 bits per heavy atom. The number of hydrogen-bond donors (Lipinski definition) is 1. The Balaban J connectivity index is 1.55. The Bertz CT molecular complexity index is 802. The van der Waals surface area contributed by atoms with E-state index >= 15 is 0 Å². The van der Waals surface area contributed by atoms with E-state index in [0.717, 1.165) is 42.1 Å². The zero-order chi connectivity index (χ0) is 24.0. The van der Waals surface area contributed by atoms with E-state index in [2.05, 4.69) is 50.2 Å². The maximum Gasteiger partial charge on any atom is 0.243 e. The zero-order valence-corrected chi connectivity index (χ0v) is 21.2. The van der Waals surface area contributed by atoms with Gasteiger partial charge in [-0.3, -0.25) is 9.59 Å². The molecule has 0 radical (unpaired) electrons. The highest BCUT2D eigenvalue weighted by Gasteiger charge is 2.36. The van der Waals surface area contributed by atoms with Crippen LogP contribution in [0, 0.1) is 24.7 Å². The van der Waals surface area contributed by atoms with Crippen molar-refractivity contribution in [1.82, 2.24) is 15.1 Å². The van der Waals surface area contributed by atoms with Crippen LogP contribution < -0.4 is 10.1 Å². The highest BCUT2D eigenvalue weighted by molar-refractivity contribution is 5.89. The SMILES string of the molecule is Cc1ccc(CNC(=O)C2CCCN2C(=O)C(C)C(C)C)c(OCCC2CCN(C)CC2)c1. The minimum absolute atomic E-state index is 0.0605. The zero-order valence-electron chi connectivity index (χ0n) is 21.2. The number of aryl methyl sites for hydroxylation is 1. The molecule has 0 saturated carbocycles. The van der Waals surface area contributed by atoms with Crippen molar-refractivity contribution in [3.63, 3.8) is 0 Å². The lowest BCUT2D eigenvalue weighted by Gasteiger charge is -2.29. The van der Waals surface area contributed by atoms with E-state index in [0.29, 0.717) is 19.7 Å². The van der Waals surface area contributed by atoms with E-state index in [9.17, 15) is 9.59 Å². The summed E-state index contributed by atoms with van der Waals surface area (Å²) in [6.45, 7) is 12.3. The van der Waals surface area contributed by atoms with Crippen LogP contribution in [0.5, 0.6) is 5.75 Å². The molecule has 2 heterocycles. The number of hydrogen-bond acceptors (Lipinski definition) is 4. The van der Waals surface area contributed by atoms with Crippen LogP contribution in [0.2, 0.25) is 0 Å². The standard InChI is InChI=1S/C27H43N3O3/c1-19(2)21(4)27(32)30-13-6-7-24(30)26(31)28-18-23-9-8-20(3)17-25(23)33-16-12-22-10-14-29(5)15-11-22/h8-9,17,19,21-22,24H,6-7,10-16,18H2,1-5H3,(H,28,31). The van der Waals surface area contributed by atoms with Gasteiger partial charge in [-0.2, -0.15) is 0 Å². The highest BCUT2D eigenvalue weighted by Crippen LogP contribution is 2.25. The maximum atomic E-state index is 13.0. The summed E-state index contributed by atoms with van der Waals surface area (Å²) in [6, 6.07) is 5.80. The van der Waals surface area contributed by atoms with E-state index in [1.54, 1.807) is 4.90 Å². The van der Waals surface area contributed by atoms with Crippen molar-refractivity contribution in [3.8, 4) is 5.75 Å². The predicted octanol–water partition coefficient (Wildman–Crippen LogP) is 4.01. The van der Waals surface area contributed by atoms with Crippen molar-refractivity contribution in [2.75, 3.05) is 33.3 Å². The lowest BCUT2D eigenvalue weighted by molar-refractivity contribution is -0.142. The van der Waals surface area contributed by atoms with Gasteiger partial charge < -0.3 is 19.9 Å². The molecule has 0 aliphatic carbocycles. The Kier molecular flexibility index (Phi) is 9.19. The van der Waals surface area contributed by atoms with Crippen LogP contribution in [0.3, 0.4) is 0 Å². The minimum atomic E-state index is -0.363. The summed E-state index contributed by atoms with van der Waals surface area (Å²) in [5, 5.41) is 3.08. The molecular formula is C27H43N3O3. The fourth-order valence-corrected chi connectivity index (χ4v) is 4.78. The summed E-state index contributed by atoms with van der Waals surface area (Å²) in [4.78, 5) is 30.0. The monoisotopic (exact) mass is 457 g/mol. The third kappa shape index (κ3) is 6.95.